The van der Waals surface area contributed by atoms with Crippen molar-refractivity contribution in [3.8, 4) is 5.75 Å². The van der Waals surface area contributed by atoms with Crippen LogP contribution >= 0.6 is 0 Å². The average Bonchev–Trinajstić information content (AvgIpc) is 2.97. The summed E-state index contributed by atoms with van der Waals surface area (Å²) in [6.45, 7) is 21.8. The first-order chi connectivity index (χ1) is 20.5. The van der Waals surface area contributed by atoms with Crippen molar-refractivity contribution < 1.29 is 10.2 Å². The summed E-state index contributed by atoms with van der Waals surface area (Å²) < 4.78 is 0. The molecule has 2 atom stereocenters. The highest BCUT2D eigenvalue weighted by molar-refractivity contribution is 5.85. The maximum Gasteiger partial charge on any atom is 0.196 e. The summed E-state index contributed by atoms with van der Waals surface area (Å²) in [6.07, 6.45) is 14.9. The molecular weight excluding hydrogens is 534 g/mol. The smallest absolute Gasteiger partial charge is 0.196 e. The van der Waals surface area contributed by atoms with E-state index in [1.807, 2.05) is 19.2 Å². The molecule has 1 aromatic carbocycles. The Hall–Kier alpha value is -3.09. The molecule has 1 saturated heterocycles. The Morgan fingerprint density at radius 3 is 2.56 bits per heavy atom. The summed E-state index contributed by atoms with van der Waals surface area (Å²) in [5.41, 5.74) is 3.44. The van der Waals surface area contributed by atoms with Crippen LogP contribution in [0.5, 0.6) is 5.75 Å². The molecule has 238 valence electrons. The third-order valence-electron chi connectivity index (χ3n) is 8.43. The van der Waals surface area contributed by atoms with Gasteiger partial charge < -0.3 is 20.0 Å². The highest BCUT2D eigenvalue weighted by atomic mass is 16.3. The number of hydrogen-bond donors (Lipinski definition) is 2. The Kier molecular flexibility index (Phi) is 13.3. The SMILES string of the molecule is C=C(O)/C(C=NC(C)C(CCCC)N=Cc1cc(CCCCN2CCCN3CCCN=C23)cc(C(C)(C)C)c1O)=C\CC. The van der Waals surface area contributed by atoms with Crippen LogP contribution in [0.1, 0.15) is 110 Å². The van der Waals surface area contributed by atoms with E-state index >= 15 is 0 Å². The summed E-state index contributed by atoms with van der Waals surface area (Å²) >= 11 is 0. The molecule has 7 heteroatoms. The summed E-state index contributed by atoms with van der Waals surface area (Å²) in [4.78, 5) is 19.5. The molecule has 2 unspecified atom stereocenters. The van der Waals surface area contributed by atoms with Gasteiger partial charge in [0.05, 0.1) is 12.1 Å². The molecule has 0 bridgehead atoms. The molecule has 1 fully saturated rings. The van der Waals surface area contributed by atoms with Crippen molar-refractivity contribution in [1.29, 1.82) is 0 Å². The van der Waals surface area contributed by atoms with E-state index in [0.29, 0.717) is 11.3 Å². The molecule has 7 nitrogen and oxygen atoms in total. The first-order valence-electron chi connectivity index (χ1n) is 16.6. The van der Waals surface area contributed by atoms with E-state index in [-0.39, 0.29) is 23.3 Å². The van der Waals surface area contributed by atoms with Crippen LogP contribution < -0.4 is 0 Å². The summed E-state index contributed by atoms with van der Waals surface area (Å²) in [5, 5.41) is 21.2. The van der Waals surface area contributed by atoms with Crippen LogP contribution in [-0.4, -0.2) is 83.2 Å². The van der Waals surface area contributed by atoms with E-state index in [9.17, 15) is 10.2 Å². The second-order valence-electron chi connectivity index (χ2n) is 13.2. The number of guanidine groups is 1. The quantitative estimate of drug-likeness (QED) is 0.0951. The van der Waals surface area contributed by atoms with Crippen molar-refractivity contribution >= 4 is 18.4 Å². The monoisotopic (exact) mass is 591 g/mol. The number of aliphatic imine (C=N–C) groups is 3. The number of hydrogen-bond acceptors (Lipinski definition) is 7. The van der Waals surface area contributed by atoms with E-state index in [1.54, 1.807) is 6.21 Å². The third-order valence-corrected chi connectivity index (χ3v) is 8.43. The van der Waals surface area contributed by atoms with Gasteiger partial charge in [-0.05, 0) is 68.9 Å². The van der Waals surface area contributed by atoms with Crippen LogP contribution in [0.4, 0.5) is 0 Å². The predicted molar refractivity (Wildman–Crippen MR) is 183 cm³/mol. The van der Waals surface area contributed by atoms with E-state index < -0.39 is 0 Å². The topological polar surface area (TPSA) is 84.0 Å². The maximum atomic E-state index is 11.3. The van der Waals surface area contributed by atoms with Crippen LogP contribution in [0, 0.1) is 0 Å². The van der Waals surface area contributed by atoms with Crippen LogP contribution in [0.3, 0.4) is 0 Å². The zero-order valence-electron chi connectivity index (χ0n) is 27.8. The van der Waals surface area contributed by atoms with Gasteiger partial charge >= 0.3 is 0 Å². The Bertz CT molecular complexity index is 1180. The van der Waals surface area contributed by atoms with Crippen molar-refractivity contribution in [2.75, 3.05) is 32.7 Å². The van der Waals surface area contributed by atoms with Crippen LogP contribution in [0.2, 0.25) is 0 Å². The van der Waals surface area contributed by atoms with Gasteiger partial charge in [-0.3, -0.25) is 15.0 Å². The van der Waals surface area contributed by atoms with Crippen LogP contribution in [0.25, 0.3) is 0 Å². The number of phenolic OH excluding ortho intramolecular Hbond substituents is 1. The Morgan fingerprint density at radius 2 is 1.86 bits per heavy atom. The number of allylic oxidation sites excluding steroid dienone is 2. The molecule has 2 aliphatic rings. The van der Waals surface area contributed by atoms with Crippen molar-refractivity contribution in [3.05, 3.63) is 52.8 Å². The van der Waals surface area contributed by atoms with E-state index in [1.165, 1.54) is 24.4 Å². The van der Waals surface area contributed by atoms with Crippen molar-refractivity contribution in [2.45, 2.75) is 117 Å². The summed E-state index contributed by atoms with van der Waals surface area (Å²) in [5.74, 6) is 1.56. The highest BCUT2D eigenvalue weighted by Crippen LogP contribution is 2.34. The first-order valence-corrected chi connectivity index (χ1v) is 16.6. The molecule has 2 heterocycles. The molecule has 2 N–H and O–H groups in total. The highest BCUT2D eigenvalue weighted by Gasteiger charge is 2.25. The number of unbranched alkanes of at least 4 members (excludes halogenated alkanes) is 2. The number of rotatable bonds is 15. The van der Waals surface area contributed by atoms with Crippen LogP contribution in [0.15, 0.2) is 51.1 Å². The molecule has 0 amide bonds. The normalized spacial score (nSPS) is 17.8. The number of aliphatic hydroxyl groups is 1. The minimum Gasteiger partial charge on any atom is -0.508 e. The Labute approximate surface area is 261 Å². The molecule has 0 spiro atoms. The van der Waals surface area contributed by atoms with E-state index in [0.717, 1.165) is 88.8 Å². The zero-order chi connectivity index (χ0) is 31.4. The molecule has 1 aromatic rings. The molecule has 2 aliphatic heterocycles. The van der Waals surface area contributed by atoms with Crippen molar-refractivity contribution in [2.24, 2.45) is 15.0 Å². The molecule has 0 aliphatic carbocycles. The zero-order valence-corrected chi connectivity index (χ0v) is 27.8. The predicted octanol–water partition coefficient (Wildman–Crippen LogP) is 7.62. The van der Waals surface area contributed by atoms with Gasteiger partial charge in [-0.1, -0.05) is 66.2 Å². The molecule has 3 rings (SSSR count). The van der Waals surface area contributed by atoms with E-state index in [2.05, 4.69) is 63.1 Å². The molecule has 0 aromatic heterocycles. The fourth-order valence-corrected chi connectivity index (χ4v) is 5.87. The number of nitrogens with zero attached hydrogens (tertiary/aromatic N) is 5. The lowest BCUT2D eigenvalue weighted by Gasteiger charge is -2.41. The number of aryl methyl sites for hydroxylation is 1. The first kappa shape index (κ1) is 34.4. The van der Waals surface area contributed by atoms with Gasteiger partial charge in [0.15, 0.2) is 5.96 Å². The molecular formula is C36H57N5O2. The molecule has 0 radical (unpaired) electrons. The lowest BCUT2D eigenvalue weighted by molar-refractivity contribution is 0.241. The van der Waals surface area contributed by atoms with E-state index in [4.69, 9.17) is 15.0 Å². The molecule has 43 heavy (non-hydrogen) atoms. The summed E-state index contributed by atoms with van der Waals surface area (Å²) in [7, 11) is 0. The Balaban J connectivity index is 1.75. The van der Waals surface area contributed by atoms with Gasteiger partial charge in [0.1, 0.15) is 11.5 Å². The number of fused-ring (bicyclic) bond motifs is 1. The van der Waals surface area contributed by atoms with Crippen LogP contribution in [-0.2, 0) is 11.8 Å². The maximum absolute atomic E-state index is 11.3. The van der Waals surface area contributed by atoms with Gasteiger partial charge in [0, 0.05) is 61.9 Å². The van der Waals surface area contributed by atoms with Gasteiger partial charge in [0.25, 0.3) is 0 Å². The summed E-state index contributed by atoms with van der Waals surface area (Å²) in [6, 6.07) is 4.20. The average molecular weight is 592 g/mol. The lowest BCUT2D eigenvalue weighted by atomic mass is 9.83. The number of phenols is 1. The van der Waals surface area contributed by atoms with Gasteiger partial charge in [-0.15, -0.1) is 0 Å². The second-order valence-corrected chi connectivity index (χ2v) is 13.2. The number of aliphatic hydroxyl groups excluding tert-OH is 1. The molecule has 0 saturated carbocycles. The fourth-order valence-electron chi connectivity index (χ4n) is 5.87. The number of aromatic hydroxyl groups is 1. The second kappa shape index (κ2) is 16.7. The minimum absolute atomic E-state index is 0.0287. The minimum atomic E-state index is -0.188. The van der Waals surface area contributed by atoms with Crippen molar-refractivity contribution in [3.63, 3.8) is 0 Å². The lowest BCUT2D eigenvalue weighted by Crippen LogP contribution is -2.52. The van der Waals surface area contributed by atoms with Crippen molar-refractivity contribution in [1.82, 2.24) is 9.80 Å². The standard InChI is InChI=1S/C36H57N5O2/c1-8-10-17-33(27(3)38-25-30(15-9-2)28(4)42)39-26-31-23-29(24-32(34(31)43)36(5,6)7)16-11-12-19-40-21-14-22-41-20-13-18-37-35(40)41/h15,23-27,33,42-43H,4,8-14,16-22H2,1-3,5-7H3/b30-15-,38-25?,39-26?. The van der Waals surface area contributed by atoms with Gasteiger partial charge in [0.2, 0.25) is 0 Å². The van der Waals surface area contributed by atoms with Gasteiger partial charge in [-0.25, -0.2) is 0 Å². The fraction of sp³-hybridized carbons (Fsp3) is 0.639. The Morgan fingerprint density at radius 1 is 1.09 bits per heavy atom. The third kappa shape index (κ3) is 10.3. The largest absolute Gasteiger partial charge is 0.508 e. The number of benzene rings is 1. The van der Waals surface area contributed by atoms with Gasteiger partial charge in [-0.2, -0.15) is 0 Å².